The maximum atomic E-state index is 6.60. The average Bonchev–Trinajstić information content (AvgIpc) is 2.38. The van der Waals surface area contributed by atoms with Crippen molar-refractivity contribution in [3.63, 3.8) is 0 Å². The molecule has 2 N–H and O–H groups in total. The largest absolute Gasteiger partial charge is 0.322 e. The predicted octanol–water partition coefficient (Wildman–Crippen LogP) is 3.28. The number of likely N-dealkylation sites (N-methyl/N-ethyl adjacent to an activating group) is 1. The lowest BCUT2D eigenvalue weighted by Crippen LogP contribution is -2.54. The lowest BCUT2D eigenvalue weighted by Gasteiger charge is -2.47. The SMILES string of the molecule is CN(C)C1(C(N)c2cccc(Br)c2)CCSCC1. The summed E-state index contributed by atoms with van der Waals surface area (Å²) in [6, 6.07) is 8.49. The van der Waals surface area contributed by atoms with Gasteiger partial charge in [-0.3, -0.25) is 0 Å². The number of halogens is 1. The Morgan fingerprint density at radius 2 is 2.00 bits per heavy atom. The zero-order valence-corrected chi connectivity index (χ0v) is 13.4. The minimum atomic E-state index is 0.0749. The second kappa shape index (κ2) is 5.95. The van der Waals surface area contributed by atoms with Crippen LogP contribution in [0.25, 0.3) is 0 Å². The molecule has 1 aliphatic rings. The van der Waals surface area contributed by atoms with Gasteiger partial charge in [0.2, 0.25) is 0 Å². The molecule has 1 saturated heterocycles. The molecule has 0 aliphatic carbocycles. The van der Waals surface area contributed by atoms with Crippen LogP contribution < -0.4 is 5.73 Å². The fourth-order valence-corrected chi connectivity index (χ4v) is 4.39. The third-order valence-electron chi connectivity index (χ3n) is 4.04. The summed E-state index contributed by atoms with van der Waals surface area (Å²) in [7, 11) is 4.32. The second-order valence-electron chi connectivity index (χ2n) is 5.14. The van der Waals surface area contributed by atoms with E-state index in [1.54, 1.807) is 0 Å². The molecule has 0 bridgehead atoms. The van der Waals surface area contributed by atoms with Gasteiger partial charge in [-0.1, -0.05) is 28.1 Å². The zero-order valence-electron chi connectivity index (χ0n) is 11.0. The molecule has 1 unspecified atom stereocenters. The fraction of sp³-hybridized carbons (Fsp3) is 0.571. The molecule has 0 spiro atoms. The highest BCUT2D eigenvalue weighted by atomic mass is 79.9. The van der Waals surface area contributed by atoms with Crippen molar-refractivity contribution in [3.8, 4) is 0 Å². The van der Waals surface area contributed by atoms with Crippen LogP contribution in [0.2, 0.25) is 0 Å². The van der Waals surface area contributed by atoms with E-state index in [9.17, 15) is 0 Å². The Labute approximate surface area is 122 Å². The molecule has 0 aromatic heterocycles. The Morgan fingerprint density at radius 1 is 1.33 bits per heavy atom. The molecule has 2 nitrogen and oxygen atoms in total. The molecule has 100 valence electrons. The van der Waals surface area contributed by atoms with Crippen molar-refractivity contribution in [1.82, 2.24) is 4.90 Å². The van der Waals surface area contributed by atoms with E-state index in [0.29, 0.717) is 0 Å². The van der Waals surface area contributed by atoms with E-state index in [1.165, 1.54) is 29.9 Å². The molecule has 1 heterocycles. The van der Waals surface area contributed by atoms with Crippen molar-refractivity contribution in [1.29, 1.82) is 0 Å². The fourth-order valence-electron chi connectivity index (χ4n) is 2.77. The lowest BCUT2D eigenvalue weighted by atomic mass is 9.80. The third-order valence-corrected chi connectivity index (χ3v) is 5.51. The van der Waals surface area contributed by atoms with Gasteiger partial charge in [-0.25, -0.2) is 0 Å². The molecule has 4 heteroatoms. The monoisotopic (exact) mass is 328 g/mol. The van der Waals surface area contributed by atoms with Crippen LogP contribution in [0.5, 0.6) is 0 Å². The minimum Gasteiger partial charge on any atom is -0.322 e. The first kappa shape index (κ1) is 14.4. The molecular formula is C14H21BrN2S. The standard InChI is InChI=1S/C14H21BrN2S/c1-17(2)14(6-8-18-9-7-14)13(16)11-4-3-5-12(15)10-11/h3-5,10,13H,6-9,16H2,1-2H3. The molecule has 1 aliphatic heterocycles. The van der Waals surface area contributed by atoms with E-state index in [4.69, 9.17) is 5.73 Å². The molecule has 18 heavy (non-hydrogen) atoms. The number of thioether (sulfide) groups is 1. The third kappa shape index (κ3) is 2.77. The van der Waals surface area contributed by atoms with Gasteiger partial charge in [0, 0.05) is 16.1 Å². The molecule has 1 aromatic rings. The van der Waals surface area contributed by atoms with Gasteiger partial charge in [-0.2, -0.15) is 11.8 Å². The van der Waals surface area contributed by atoms with E-state index in [0.717, 1.165) is 4.47 Å². The number of rotatable bonds is 3. The second-order valence-corrected chi connectivity index (χ2v) is 7.28. The summed E-state index contributed by atoms with van der Waals surface area (Å²) in [5.74, 6) is 2.42. The number of hydrogen-bond donors (Lipinski definition) is 1. The molecule has 0 radical (unpaired) electrons. The van der Waals surface area contributed by atoms with Gasteiger partial charge in [0.05, 0.1) is 0 Å². The van der Waals surface area contributed by atoms with Crippen LogP contribution >= 0.6 is 27.7 Å². The van der Waals surface area contributed by atoms with E-state index >= 15 is 0 Å². The highest BCUT2D eigenvalue weighted by molar-refractivity contribution is 9.10. The molecule has 0 amide bonds. The zero-order chi connectivity index (χ0) is 13.2. The van der Waals surface area contributed by atoms with Crippen molar-refractivity contribution >= 4 is 27.7 Å². The van der Waals surface area contributed by atoms with Crippen LogP contribution in [0.15, 0.2) is 28.7 Å². The van der Waals surface area contributed by atoms with Crippen LogP contribution in [0.4, 0.5) is 0 Å². The summed E-state index contributed by atoms with van der Waals surface area (Å²) in [5, 5.41) is 0. The van der Waals surface area contributed by atoms with Crippen LogP contribution in [0.1, 0.15) is 24.4 Å². The Kier molecular flexibility index (Phi) is 4.75. The van der Waals surface area contributed by atoms with Crippen LogP contribution in [-0.2, 0) is 0 Å². The molecule has 2 rings (SSSR count). The first-order valence-electron chi connectivity index (χ1n) is 6.32. The number of nitrogens with two attached hydrogens (primary N) is 1. The van der Waals surface area contributed by atoms with Crippen LogP contribution in [0.3, 0.4) is 0 Å². The Morgan fingerprint density at radius 3 is 2.56 bits per heavy atom. The Hall–Kier alpha value is -0.0300. The van der Waals surface area contributed by atoms with Crippen molar-refractivity contribution in [2.24, 2.45) is 5.73 Å². The van der Waals surface area contributed by atoms with Crippen molar-refractivity contribution in [2.75, 3.05) is 25.6 Å². The van der Waals surface area contributed by atoms with Crippen molar-refractivity contribution in [2.45, 2.75) is 24.4 Å². The molecule has 1 aromatic carbocycles. The van der Waals surface area contributed by atoms with Crippen LogP contribution in [0, 0.1) is 0 Å². The smallest absolute Gasteiger partial charge is 0.0482 e. The first-order chi connectivity index (χ1) is 8.56. The first-order valence-corrected chi connectivity index (χ1v) is 8.27. The highest BCUT2D eigenvalue weighted by Gasteiger charge is 2.40. The number of benzene rings is 1. The summed E-state index contributed by atoms with van der Waals surface area (Å²) in [4.78, 5) is 2.33. The molecule has 0 saturated carbocycles. The normalized spacial score (nSPS) is 20.9. The van der Waals surface area contributed by atoms with E-state index in [1.807, 2.05) is 11.8 Å². The average molecular weight is 329 g/mol. The van der Waals surface area contributed by atoms with Crippen molar-refractivity contribution < 1.29 is 0 Å². The minimum absolute atomic E-state index is 0.0749. The maximum absolute atomic E-state index is 6.60. The quantitative estimate of drug-likeness (QED) is 0.923. The van der Waals surface area contributed by atoms with Gasteiger partial charge >= 0.3 is 0 Å². The Bertz CT molecular complexity index is 403. The van der Waals surface area contributed by atoms with Gasteiger partial charge in [0.25, 0.3) is 0 Å². The lowest BCUT2D eigenvalue weighted by molar-refractivity contribution is 0.105. The number of nitrogens with zero attached hydrogens (tertiary/aromatic N) is 1. The summed E-state index contributed by atoms with van der Waals surface area (Å²) >= 11 is 5.57. The van der Waals surface area contributed by atoms with Gasteiger partial charge in [0.1, 0.15) is 0 Å². The van der Waals surface area contributed by atoms with E-state index < -0.39 is 0 Å². The predicted molar refractivity (Wildman–Crippen MR) is 84.0 cm³/mol. The molecular weight excluding hydrogens is 308 g/mol. The summed E-state index contributed by atoms with van der Waals surface area (Å²) in [5.41, 5.74) is 7.93. The van der Waals surface area contributed by atoms with Gasteiger partial charge in [-0.15, -0.1) is 0 Å². The topological polar surface area (TPSA) is 29.3 Å². The summed E-state index contributed by atoms with van der Waals surface area (Å²) in [6.07, 6.45) is 2.33. The number of hydrogen-bond acceptors (Lipinski definition) is 3. The summed E-state index contributed by atoms with van der Waals surface area (Å²) in [6.45, 7) is 0. The van der Waals surface area contributed by atoms with Crippen LogP contribution in [-0.4, -0.2) is 36.0 Å². The van der Waals surface area contributed by atoms with Gasteiger partial charge < -0.3 is 10.6 Å². The van der Waals surface area contributed by atoms with Crippen molar-refractivity contribution in [3.05, 3.63) is 34.3 Å². The van der Waals surface area contributed by atoms with Gasteiger partial charge in [-0.05, 0) is 56.1 Å². The van der Waals surface area contributed by atoms with Gasteiger partial charge in [0.15, 0.2) is 0 Å². The molecule has 1 atom stereocenters. The van der Waals surface area contributed by atoms with E-state index in [2.05, 4.69) is 59.2 Å². The Balaban J connectivity index is 2.31. The molecule has 1 fully saturated rings. The van der Waals surface area contributed by atoms with E-state index in [-0.39, 0.29) is 11.6 Å². The maximum Gasteiger partial charge on any atom is 0.0482 e. The summed E-state index contributed by atoms with van der Waals surface area (Å²) < 4.78 is 1.11. The highest BCUT2D eigenvalue weighted by Crippen LogP contribution is 2.40.